The molecule has 0 bridgehead atoms. The molecule has 0 radical (unpaired) electrons. The molecule has 6 rings (SSSR count). The molecule has 202 valence electrons. The highest BCUT2D eigenvalue weighted by atomic mass is 16.6. The summed E-state index contributed by atoms with van der Waals surface area (Å²) < 4.78 is 12.7. The molecule has 1 saturated heterocycles. The fourth-order valence-corrected chi connectivity index (χ4v) is 4.70. The average molecular weight is 539 g/mol. The Kier molecular flexibility index (Phi) is 6.79. The highest BCUT2D eigenvalue weighted by Gasteiger charge is 2.22. The molecule has 1 aliphatic rings. The largest absolute Gasteiger partial charge is 0.439 e. The number of nitrogens with zero attached hydrogens (tertiary/aromatic N) is 6. The van der Waals surface area contributed by atoms with Crippen molar-refractivity contribution in [3.8, 4) is 28.8 Å². The predicted molar refractivity (Wildman–Crippen MR) is 146 cm³/mol. The highest BCUT2D eigenvalue weighted by Crippen LogP contribution is 2.32. The van der Waals surface area contributed by atoms with Crippen LogP contribution in [0.5, 0.6) is 11.6 Å². The summed E-state index contributed by atoms with van der Waals surface area (Å²) in [5.74, 6) is 1.31. The van der Waals surface area contributed by atoms with Gasteiger partial charge in [-0.1, -0.05) is 24.3 Å². The molecular weight excluding hydrogens is 512 g/mol. The van der Waals surface area contributed by atoms with E-state index in [1.54, 1.807) is 36.5 Å². The number of imidazole rings is 1. The van der Waals surface area contributed by atoms with Gasteiger partial charge in [-0.25, -0.2) is 14.6 Å². The predicted octanol–water partition coefficient (Wildman–Crippen LogP) is 3.59. The minimum Gasteiger partial charge on any atom is -0.439 e. The van der Waals surface area contributed by atoms with Crippen LogP contribution in [-0.2, 0) is 4.79 Å². The van der Waals surface area contributed by atoms with E-state index in [1.807, 2.05) is 39.8 Å². The smallest absolute Gasteiger partial charge is 0.251 e. The second-order valence-corrected chi connectivity index (χ2v) is 9.34. The van der Waals surface area contributed by atoms with Crippen LogP contribution >= 0.6 is 0 Å². The molecule has 12 heteroatoms. The first-order valence-electron chi connectivity index (χ1n) is 12.9. The number of pyridine rings is 1. The number of aromatic nitrogens is 5. The molecule has 2 amide bonds. The first-order chi connectivity index (χ1) is 19.6. The molecule has 0 spiro atoms. The SMILES string of the molecule is Nc1nonc1-c1nc2cnc(Oc3cccc(C(=O)NCCCN4CCCC4=O)c3)cc2n1-c1ccccc1. The summed E-state index contributed by atoms with van der Waals surface area (Å²) >= 11 is 0. The Balaban J connectivity index is 1.21. The zero-order chi connectivity index (χ0) is 27.5. The highest BCUT2D eigenvalue weighted by molar-refractivity contribution is 5.94. The van der Waals surface area contributed by atoms with Crippen molar-refractivity contribution in [1.82, 2.24) is 35.1 Å². The number of rotatable bonds is 9. The lowest BCUT2D eigenvalue weighted by Crippen LogP contribution is -2.30. The summed E-state index contributed by atoms with van der Waals surface area (Å²) in [5.41, 5.74) is 8.88. The summed E-state index contributed by atoms with van der Waals surface area (Å²) in [6.45, 7) is 1.92. The van der Waals surface area contributed by atoms with Crippen LogP contribution in [0.15, 0.2) is 71.5 Å². The first kappa shape index (κ1) is 25.0. The van der Waals surface area contributed by atoms with Crippen LogP contribution in [0, 0.1) is 0 Å². The molecule has 0 saturated carbocycles. The van der Waals surface area contributed by atoms with Crippen molar-refractivity contribution < 1.29 is 19.0 Å². The van der Waals surface area contributed by atoms with Gasteiger partial charge in [0.05, 0.1) is 11.7 Å². The number of nitrogens with one attached hydrogen (secondary N) is 1. The summed E-state index contributed by atoms with van der Waals surface area (Å²) in [6, 6.07) is 18.2. The number of para-hydroxylation sites is 1. The minimum atomic E-state index is -0.216. The quantitative estimate of drug-likeness (QED) is 0.268. The van der Waals surface area contributed by atoms with Gasteiger partial charge in [0.15, 0.2) is 17.3 Å². The fraction of sp³-hybridized carbons (Fsp3) is 0.214. The Morgan fingerprint density at radius 2 is 1.98 bits per heavy atom. The molecule has 0 aliphatic carbocycles. The molecule has 0 atom stereocenters. The monoisotopic (exact) mass is 538 g/mol. The number of ether oxygens (including phenoxy) is 1. The maximum atomic E-state index is 12.7. The number of nitrogens with two attached hydrogens (primary N) is 1. The van der Waals surface area contributed by atoms with Crippen LogP contribution in [0.4, 0.5) is 5.82 Å². The van der Waals surface area contributed by atoms with Crippen LogP contribution in [-0.4, -0.2) is 61.2 Å². The van der Waals surface area contributed by atoms with E-state index >= 15 is 0 Å². The fourth-order valence-electron chi connectivity index (χ4n) is 4.70. The maximum absolute atomic E-state index is 12.7. The lowest BCUT2D eigenvalue weighted by atomic mass is 10.2. The van der Waals surface area contributed by atoms with Gasteiger partial charge in [-0.05, 0) is 53.5 Å². The molecular formula is C28H26N8O4. The van der Waals surface area contributed by atoms with Crippen molar-refractivity contribution in [2.24, 2.45) is 0 Å². The van der Waals surface area contributed by atoms with Gasteiger partial charge in [-0.3, -0.25) is 14.2 Å². The van der Waals surface area contributed by atoms with E-state index in [4.69, 9.17) is 15.1 Å². The van der Waals surface area contributed by atoms with E-state index in [0.29, 0.717) is 65.7 Å². The van der Waals surface area contributed by atoms with Crippen molar-refractivity contribution >= 4 is 28.7 Å². The van der Waals surface area contributed by atoms with E-state index in [-0.39, 0.29) is 17.6 Å². The van der Waals surface area contributed by atoms with Gasteiger partial charge < -0.3 is 20.7 Å². The van der Waals surface area contributed by atoms with Crippen molar-refractivity contribution in [3.05, 3.63) is 72.4 Å². The lowest BCUT2D eigenvalue weighted by molar-refractivity contribution is -0.127. The first-order valence-corrected chi connectivity index (χ1v) is 12.9. The van der Waals surface area contributed by atoms with Crippen LogP contribution in [0.2, 0.25) is 0 Å². The van der Waals surface area contributed by atoms with Gasteiger partial charge >= 0.3 is 0 Å². The van der Waals surface area contributed by atoms with Gasteiger partial charge in [0.25, 0.3) is 5.91 Å². The van der Waals surface area contributed by atoms with Crippen molar-refractivity contribution in [3.63, 3.8) is 0 Å². The number of carbonyl (C=O) groups is 2. The lowest BCUT2D eigenvalue weighted by Gasteiger charge is -2.15. The molecule has 1 fully saturated rings. The average Bonchev–Trinajstić information content (AvgIpc) is 3.69. The van der Waals surface area contributed by atoms with Gasteiger partial charge in [0.1, 0.15) is 11.3 Å². The number of anilines is 1. The molecule has 0 unspecified atom stereocenters. The van der Waals surface area contributed by atoms with E-state index in [0.717, 1.165) is 18.7 Å². The molecule has 3 aromatic heterocycles. The van der Waals surface area contributed by atoms with Crippen LogP contribution in [0.1, 0.15) is 29.6 Å². The third-order valence-electron chi connectivity index (χ3n) is 6.64. The van der Waals surface area contributed by atoms with Crippen molar-refractivity contribution in [2.45, 2.75) is 19.3 Å². The third-order valence-corrected chi connectivity index (χ3v) is 6.64. The van der Waals surface area contributed by atoms with Crippen LogP contribution in [0.3, 0.4) is 0 Å². The van der Waals surface area contributed by atoms with Crippen LogP contribution in [0.25, 0.3) is 28.2 Å². The van der Waals surface area contributed by atoms with E-state index in [2.05, 4.69) is 25.6 Å². The molecule has 1 aliphatic heterocycles. The van der Waals surface area contributed by atoms with Gasteiger partial charge in [0, 0.05) is 43.4 Å². The number of benzene rings is 2. The summed E-state index contributed by atoms with van der Waals surface area (Å²) in [4.78, 5) is 35.4. The van der Waals surface area contributed by atoms with E-state index in [9.17, 15) is 9.59 Å². The minimum absolute atomic E-state index is 0.122. The van der Waals surface area contributed by atoms with Crippen molar-refractivity contribution in [1.29, 1.82) is 0 Å². The number of hydrogen-bond donors (Lipinski definition) is 2. The maximum Gasteiger partial charge on any atom is 0.251 e. The van der Waals surface area contributed by atoms with E-state index in [1.165, 1.54) is 0 Å². The van der Waals surface area contributed by atoms with E-state index < -0.39 is 0 Å². The Labute approximate surface area is 228 Å². The zero-order valence-electron chi connectivity index (χ0n) is 21.5. The molecule has 3 N–H and O–H groups in total. The standard InChI is InChI=1S/C28H26N8O4/c29-26-25(33-40-34-26)27-32-21-17-31-23(16-22(21)36(27)19-8-2-1-3-9-19)39-20-10-4-7-18(15-20)28(38)30-12-6-14-35-13-5-11-24(35)37/h1-4,7-10,15-17H,5-6,11-14H2,(H2,29,34)(H,30,38). The Hall–Kier alpha value is -5.26. The normalized spacial score (nSPS) is 13.2. The zero-order valence-corrected chi connectivity index (χ0v) is 21.5. The molecule has 4 heterocycles. The Morgan fingerprint density at radius 1 is 1.10 bits per heavy atom. The summed E-state index contributed by atoms with van der Waals surface area (Å²) in [7, 11) is 0. The number of likely N-dealkylation sites (tertiary alicyclic amines) is 1. The topological polar surface area (TPSA) is 154 Å². The van der Waals surface area contributed by atoms with Crippen LogP contribution < -0.4 is 15.8 Å². The molecule has 2 aromatic carbocycles. The van der Waals surface area contributed by atoms with Gasteiger partial charge in [-0.15, -0.1) is 0 Å². The number of fused-ring (bicyclic) bond motifs is 1. The Morgan fingerprint density at radius 3 is 2.75 bits per heavy atom. The number of nitrogen functional groups attached to an aromatic ring is 1. The number of hydrogen-bond acceptors (Lipinski definition) is 9. The molecule has 5 aromatic rings. The third kappa shape index (κ3) is 5.06. The molecule has 40 heavy (non-hydrogen) atoms. The van der Waals surface area contributed by atoms with Gasteiger partial charge in [-0.2, -0.15) is 0 Å². The number of amides is 2. The van der Waals surface area contributed by atoms with Crippen molar-refractivity contribution in [2.75, 3.05) is 25.4 Å². The Bertz CT molecular complexity index is 1680. The second kappa shape index (κ2) is 10.8. The number of carbonyl (C=O) groups excluding carboxylic acids is 2. The second-order valence-electron chi connectivity index (χ2n) is 9.34. The summed E-state index contributed by atoms with van der Waals surface area (Å²) in [6.07, 6.45) is 3.82. The summed E-state index contributed by atoms with van der Waals surface area (Å²) in [5, 5.41) is 10.5. The van der Waals surface area contributed by atoms with Gasteiger partial charge in [0.2, 0.25) is 11.8 Å². The molecule has 12 nitrogen and oxygen atoms in total.